The molecule has 0 aromatic rings. The molecular weight excluding hydrogens is 169 g/mol. The van der Waals surface area contributed by atoms with Gasteiger partial charge in [0.1, 0.15) is 6.29 Å². The second-order valence-corrected chi connectivity index (χ2v) is 3.51. The van der Waals surface area contributed by atoms with Gasteiger partial charge in [0.05, 0.1) is 7.85 Å². The monoisotopic (exact) mass is 181 g/mol. The molecule has 70 valence electrons. The van der Waals surface area contributed by atoms with Crippen LogP contribution in [-0.4, -0.2) is 25.1 Å². The van der Waals surface area contributed by atoms with Gasteiger partial charge in [-0.25, -0.2) is 0 Å². The Hall–Kier alpha value is -0.865. The normalized spacial score (nSPS) is 30.8. The lowest BCUT2D eigenvalue weighted by atomic mass is 9.69. The molecule has 13 heavy (non-hydrogen) atoms. The van der Waals surface area contributed by atoms with Crippen molar-refractivity contribution in [1.82, 2.24) is 0 Å². The summed E-state index contributed by atoms with van der Waals surface area (Å²) in [7, 11) is 5.50. The molecule has 0 saturated heterocycles. The molecule has 1 rings (SSSR count). The van der Waals surface area contributed by atoms with Crippen LogP contribution in [0.1, 0.15) is 25.7 Å². The van der Waals surface area contributed by atoms with Gasteiger partial charge in [-0.05, 0) is 18.7 Å². The van der Waals surface area contributed by atoms with Crippen LogP contribution < -0.4 is 0 Å². The standard InChI is InChI=1S/C8H12BNO3/c9-7(5-11)6-3-1-2-4-8(6)10(12)13/h5-8H,1-4H2/t6-,7+,8-/m0/s1. The number of nitrogens with zero attached hydrogens (tertiary/aromatic N) is 1. The first-order valence-corrected chi connectivity index (χ1v) is 4.51. The quantitative estimate of drug-likeness (QED) is 0.282. The maximum Gasteiger partial charge on any atom is 0.215 e. The number of carbonyl (C=O) groups excluding carboxylic acids is 1. The first-order valence-electron chi connectivity index (χ1n) is 4.51. The van der Waals surface area contributed by atoms with E-state index in [0.717, 1.165) is 12.8 Å². The Morgan fingerprint density at radius 1 is 1.46 bits per heavy atom. The Morgan fingerprint density at radius 3 is 2.62 bits per heavy atom. The van der Waals surface area contributed by atoms with Gasteiger partial charge < -0.3 is 4.79 Å². The average Bonchev–Trinajstić information content (AvgIpc) is 2.16. The van der Waals surface area contributed by atoms with Crippen molar-refractivity contribution in [2.45, 2.75) is 37.5 Å². The van der Waals surface area contributed by atoms with E-state index in [4.69, 9.17) is 7.85 Å². The Balaban J connectivity index is 2.66. The molecule has 3 atom stereocenters. The minimum absolute atomic E-state index is 0.263. The van der Waals surface area contributed by atoms with E-state index >= 15 is 0 Å². The van der Waals surface area contributed by atoms with Gasteiger partial charge in [0.2, 0.25) is 6.04 Å². The van der Waals surface area contributed by atoms with E-state index in [1.807, 2.05) is 0 Å². The number of rotatable bonds is 3. The fraction of sp³-hybridized carbons (Fsp3) is 0.875. The van der Waals surface area contributed by atoms with Crippen LogP contribution >= 0.6 is 0 Å². The molecule has 0 spiro atoms. The predicted octanol–water partition coefficient (Wildman–Crippen LogP) is 0.978. The maximum absolute atomic E-state index is 10.6. The van der Waals surface area contributed by atoms with Gasteiger partial charge in [-0.2, -0.15) is 0 Å². The van der Waals surface area contributed by atoms with Crippen LogP contribution in [0.4, 0.5) is 0 Å². The third kappa shape index (κ3) is 2.29. The average molecular weight is 181 g/mol. The highest BCUT2D eigenvalue weighted by atomic mass is 16.6. The molecule has 0 aromatic heterocycles. The van der Waals surface area contributed by atoms with E-state index in [-0.39, 0.29) is 10.8 Å². The van der Waals surface area contributed by atoms with E-state index in [1.54, 1.807) is 0 Å². The Bertz CT molecular complexity index is 210. The lowest BCUT2D eigenvalue weighted by Crippen LogP contribution is -2.35. The molecule has 0 aromatic carbocycles. The van der Waals surface area contributed by atoms with Crippen molar-refractivity contribution >= 4 is 14.1 Å². The number of hydrogen-bond donors (Lipinski definition) is 0. The summed E-state index contributed by atoms with van der Waals surface area (Å²) in [4.78, 5) is 20.7. The van der Waals surface area contributed by atoms with E-state index < -0.39 is 11.9 Å². The fourth-order valence-electron chi connectivity index (χ4n) is 1.95. The molecule has 5 heteroatoms. The van der Waals surface area contributed by atoms with Crippen LogP contribution in [0, 0.1) is 16.0 Å². The summed E-state index contributed by atoms with van der Waals surface area (Å²) in [6, 6.07) is -0.617. The molecule has 4 nitrogen and oxygen atoms in total. The second-order valence-electron chi connectivity index (χ2n) is 3.51. The van der Waals surface area contributed by atoms with Crippen molar-refractivity contribution in [3.05, 3.63) is 10.1 Å². The van der Waals surface area contributed by atoms with Crippen LogP contribution in [0.25, 0.3) is 0 Å². The summed E-state index contributed by atoms with van der Waals surface area (Å²) in [6.45, 7) is 0. The van der Waals surface area contributed by atoms with E-state index in [0.29, 0.717) is 19.1 Å². The molecule has 0 amide bonds. The largest absolute Gasteiger partial charge is 0.304 e. The number of nitro groups is 1. The third-order valence-corrected chi connectivity index (χ3v) is 2.70. The molecule has 1 saturated carbocycles. The van der Waals surface area contributed by atoms with Crippen LogP contribution in [0.15, 0.2) is 0 Å². The first kappa shape index (κ1) is 10.2. The highest BCUT2D eigenvalue weighted by molar-refractivity contribution is 6.19. The van der Waals surface area contributed by atoms with Gasteiger partial charge in [0.25, 0.3) is 0 Å². The van der Waals surface area contributed by atoms with E-state index in [2.05, 4.69) is 0 Å². The van der Waals surface area contributed by atoms with Crippen LogP contribution in [-0.2, 0) is 4.79 Å². The highest BCUT2D eigenvalue weighted by Crippen LogP contribution is 2.32. The zero-order valence-corrected chi connectivity index (χ0v) is 7.39. The molecule has 0 N–H and O–H groups in total. The topological polar surface area (TPSA) is 60.2 Å². The van der Waals surface area contributed by atoms with Crippen molar-refractivity contribution in [3.63, 3.8) is 0 Å². The molecule has 1 fully saturated rings. The lowest BCUT2D eigenvalue weighted by molar-refractivity contribution is -0.535. The summed E-state index contributed by atoms with van der Waals surface area (Å²) in [5.41, 5.74) is 0. The summed E-state index contributed by atoms with van der Waals surface area (Å²) < 4.78 is 0. The van der Waals surface area contributed by atoms with E-state index in [1.165, 1.54) is 0 Å². The smallest absolute Gasteiger partial charge is 0.215 e. The van der Waals surface area contributed by atoms with Crippen LogP contribution in [0.3, 0.4) is 0 Å². The van der Waals surface area contributed by atoms with Crippen LogP contribution in [0.5, 0.6) is 0 Å². The summed E-state index contributed by atoms with van der Waals surface area (Å²) in [5.74, 6) is -0.933. The molecule has 1 aliphatic rings. The molecule has 0 heterocycles. The zero-order chi connectivity index (χ0) is 9.84. The van der Waals surface area contributed by atoms with E-state index in [9.17, 15) is 14.9 Å². The van der Waals surface area contributed by atoms with Gasteiger partial charge in [-0.15, -0.1) is 0 Å². The Kier molecular flexibility index (Phi) is 3.45. The molecule has 0 unspecified atom stereocenters. The summed E-state index contributed by atoms with van der Waals surface area (Å²) in [6.07, 6.45) is 3.68. The number of carbonyl (C=O) groups is 1. The molecule has 0 bridgehead atoms. The van der Waals surface area contributed by atoms with Gasteiger partial charge >= 0.3 is 0 Å². The van der Waals surface area contributed by atoms with Gasteiger partial charge in [0.15, 0.2) is 0 Å². The zero-order valence-electron chi connectivity index (χ0n) is 7.39. The van der Waals surface area contributed by atoms with Gasteiger partial charge in [-0.1, -0.05) is 6.42 Å². The highest BCUT2D eigenvalue weighted by Gasteiger charge is 2.36. The summed E-state index contributed by atoms with van der Waals surface area (Å²) in [5, 5.41) is 10.6. The van der Waals surface area contributed by atoms with Crippen molar-refractivity contribution < 1.29 is 9.72 Å². The fourth-order valence-corrected chi connectivity index (χ4v) is 1.95. The Morgan fingerprint density at radius 2 is 2.08 bits per heavy atom. The maximum atomic E-state index is 10.6. The molecular formula is C8H12BNO3. The SMILES string of the molecule is [B][C@H](C=O)[C@@H]1CCCC[C@@H]1[N+](=O)[O-]. The van der Waals surface area contributed by atoms with Gasteiger partial charge in [0, 0.05) is 17.3 Å². The molecule has 0 aliphatic heterocycles. The lowest BCUT2D eigenvalue weighted by Gasteiger charge is -2.27. The second kappa shape index (κ2) is 4.39. The minimum Gasteiger partial charge on any atom is -0.304 e. The van der Waals surface area contributed by atoms with Crippen molar-refractivity contribution in [3.8, 4) is 0 Å². The van der Waals surface area contributed by atoms with Crippen molar-refractivity contribution in [2.75, 3.05) is 0 Å². The molecule has 1 aliphatic carbocycles. The first-order chi connectivity index (χ1) is 6.16. The predicted molar refractivity (Wildman–Crippen MR) is 48.3 cm³/mol. The van der Waals surface area contributed by atoms with Crippen molar-refractivity contribution in [1.29, 1.82) is 0 Å². The third-order valence-electron chi connectivity index (χ3n) is 2.70. The van der Waals surface area contributed by atoms with Gasteiger partial charge in [-0.3, -0.25) is 10.1 Å². The number of aldehydes is 1. The molecule has 2 radical (unpaired) electrons. The van der Waals surface area contributed by atoms with Crippen LogP contribution in [0.2, 0.25) is 5.82 Å². The summed E-state index contributed by atoms with van der Waals surface area (Å²) >= 11 is 0. The minimum atomic E-state index is -0.671. The number of hydrogen-bond acceptors (Lipinski definition) is 3. The van der Waals surface area contributed by atoms with Crippen molar-refractivity contribution in [2.24, 2.45) is 5.92 Å². The Labute approximate surface area is 78.3 Å².